The van der Waals surface area contributed by atoms with Crippen LogP contribution in [0.15, 0.2) is 11.2 Å². The highest BCUT2D eigenvalue weighted by Gasteiger charge is 2.46. The molecule has 1 fully saturated rings. The van der Waals surface area contributed by atoms with E-state index in [9.17, 15) is 18.3 Å². The summed E-state index contributed by atoms with van der Waals surface area (Å²) in [5.74, 6) is -0.287. The van der Waals surface area contributed by atoms with Crippen LogP contribution in [0, 0.1) is 0 Å². The molecular formula is C11H17N3O4S2. The van der Waals surface area contributed by atoms with Gasteiger partial charge in [-0.15, -0.1) is 11.8 Å². The van der Waals surface area contributed by atoms with Gasteiger partial charge in [-0.1, -0.05) is 13.8 Å². The van der Waals surface area contributed by atoms with E-state index >= 15 is 0 Å². The molecule has 0 spiro atoms. The minimum atomic E-state index is -3.87. The second-order valence-electron chi connectivity index (χ2n) is 4.43. The number of aryl methyl sites for hydroxylation is 1. The molecule has 0 radical (unpaired) electrons. The van der Waals surface area contributed by atoms with E-state index in [1.54, 1.807) is 0 Å². The topological polar surface area (TPSA) is 103 Å². The number of aromatic amines is 1. The van der Waals surface area contributed by atoms with Crippen LogP contribution in [0.2, 0.25) is 0 Å². The average Bonchev–Trinajstić information content (AvgIpc) is 3.05. The highest BCUT2D eigenvalue weighted by molar-refractivity contribution is 8.01. The third kappa shape index (κ3) is 2.57. The van der Waals surface area contributed by atoms with Crippen molar-refractivity contribution in [2.24, 2.45) is 0 Å². The summed E-state index contributed by atoms with van der Waals surface area (Å²) in [6.07, 6.45) is 2.40. The molecule has 1 aromatic rings. The van der Waals surface area contributed by atoms with Gasteiger partial charge in [0.1, 0.15) is 11.9 Å². The first-order valence-corrected chi connectivity index (χ1v) is 8.82. The van der Waals surface area contributed by atoms with Crippen LogP contribution in [-0.4, -0.2) is 50.9 Å². The molecule has 0 saturated carbocycles. The van der Waals surface area contributed by atoms with Crippen molar-refractivity contribution in [3.05, 3.63) is 12.0 Å². The third-order valence-corrected chi connectivity index (χ3v) is 6.58. The summed E-state index contributed by atoms with van der Waals surface area (Å²) >= 11 is 1.35. The van der Waals surface area contributed by atoms with Crippen molar-refractivity contribution in [2.45, 2.75) is 43.1 Å². The number of nitrogens with one attached hydrogen (secondary N) is 1. The first-order chi connectivity index (χ1) is 9.41. The van der Waals surface area contributed by atoms with E-state index in [0.29, 0.717) is 18.7 Å². The standard InChI is InChI=1S/C11H17N3O4S2/c1-3-8-12-5-9(13-8)20(17,18)14-7(11(15)16)6-19-10(14)4-2/h5,7,10H,3-4,6H2,1-2H3,(H,12,13)(H,15,16). The molecule has 2 heterocycles. The van der Waals surface area contributed by atoms with E-state index in [1.807, 2.05) is 13.8 Å². The van der Waals surface area contributed by atoms with Crippen molar-refractivity contribution in [1.29, 1.82) is 0 Å². The molecule has 0 aromatic carbocycles. The van der Waals surface area contributed by atoms with Gasteiger partial charge < -0.3 is 10.1 Å². The summed E-state index contributed by atoms with van der Waals surface area (Å²) in [4.78, 5) is 18.0. The Bertz CT molecular complexity index is 599. The molecule has 0 bridgehead atoms. The SMILES string of the molecule is CCc1ncc(S(=O)(=O)N2C(CC)SCC2C(=O)O)[nH]1. The number of imidazole rings is 1. The molecule has 7 nitrogen and oxygen atoms in total. The molecule has 0 aliphatic carbocycles. The Hall–Kier alpha value is -1.06. The van der Waals surface area contributed by atoms with E-state index in [-0.39, 0.29) is 16.2 Å². The molecule has 2 rings (SSSR count). The van der Waals surface area contributed by atoms with Crippen LogP contribution in [0.5, 0.6) is 0 Å². The van der Waals surface area contributed by atoms with E-state index in [4.69, 9.17) is 0 Å². The Balaban J connectivity index is 2.41. The number of thioether (sulfide) groups is 1. The van der Waals surface area contributed by atoms with Crippen molar-refractivity contribution in [3.8, 4) is 0 Å². The number of hydrogen-bond acceptors (Lipinski definition) is 5. The molecular weight excluding hydrogens is 302 g/mol. The van der Waals surface area contributed by atoms with Crippen LogP contribution in [-0.2, 0) is 21.2 Å². The Kier molecular flexibility index (Phi) is 4.40. The molecule has 2 atom stereocenters. The zero-order valence-electron chi connectivity index (χ0n) is 11.2. The lowest BCUT2D eigenvalue weighted by atomic mass is 10.3. The van der Waals surface area contributed by atoms with Gasteiger partial charge in [-0.2, -0.15) is 4.31 Å². The molecule has 2 N–H and O–H groups in total. The van der Waals surface area contributed by atoms with Gasteiger partial charge in [-0.25, -0.2) is 13.4 Å². The first-order valence-electron chi connectivity index (χ1n) is 6.33. The first kappa shape index (κ1) is 15.3. The van der Waals surface area contributed by atoms with Crippen molar-refractivity contribution in [1.82, 2.24) is 14.3 Å². The Labute approximate surface area is 121 Å². The fraction of sp³-hybridized carbons (Fsp3) is 0.636. The number of carbonyl (C=O) groups is 1. The predicted octanol–water partition coefficient (Wildman–Crippen LogP) is 0.899. The van der Waals surface area contributed by atoms with E-state index in [0.717, 1.165) is 4.31 Å². The highest BCUT2D eigenvalue weighted by atomic mass is 32.2. The molecule has 0 amide bonds. The van der Waals surface area contributed by atoms with Crippen molar-refractivity contribution < 1.29 is 18.3 Å². The lowest BCUT2D eigenvalue weighted by Crippen LogP contribution is -2.45. The maximum atomic E-state index is 12.6. The summed E-state index contributed by atoms with van der Waals surface area (Å²) in [5, 5.41) is 8.82. The summed E-state index contributed by atoms with van der Waals surface area (Å²) in [7, 11) is -3.87. The van der Waals surface area contributed by atoms with Crippen LogP contribution in [0.25, 0.3) is 0 Å². The number of carboxylic acid groups (broad SMARTS) is 1. The normalized spacial score (nSPS) is 24.1. The number of sulfonamides is 1. The van der Waals surface area contributed by atoms with Crippen molar-refractivity contribution in [3.63, 3.8) is 0 Å². The van der Waals surface area contributed by atoms with Gasteiger partial charge in [-0.05, 0) is 6.42 Å². The Morgan fingerprint density at radius 2 is 2.30 bits per heavy atom. The largest absolute Gasteiger partial charge is 0.480 e. The van der Waals surface area contributed by atoms with Gasteiger partial charge in [0, 0.05) is 12.2 Å². The maximum absolute atomic E-state index is 12.6. The second kappa shape index (κ2) is 5.74. The fourth-order valence-electron chi connectivity index (χ4n) is 2.12. The monoisotopic (exact) mass is 319 g/mol. The number of H-pyrrole nitrogens is 1. The van der Waals surface area contributed by atoms with E-state index < -0.39 is 22.0 Å². The fourth-order valence-corrected chi connectivity index (χ4v) is 5.59. The quantitative estimate of drug-likeness (QED) is 0.835. The van der Waals surface area contributed by atoms with Gasteiger partial charge in [-0.3, -0.25) is 4.79 Å². The lowest BCUT2D eigenvalue weighted by Gasteiger charge is -2.24. The molecule has 112 valence electrons. The number of carboxylic acids is 1. The molecule has 1 saturated heterocycles. The molecule has 1 aliphatic heterocycles. The summed E-state index contributed by atoms with van der Waals surface area (Å²) < 4.78 is 26.3. The summed E-state index contributed by atoms with van der Waals surface area (Å²) in [6, 6.07) is -1.02. The number of rotatable bonds is 5. The Morgan fingerprint density at radius 3 is 2.80 bits per heavy atom. The molecule has 9 heteroatoms. The van der Waals surface area contributed by atoms with Crippen LogP contribution >= 0.6 is 11.8 Å². The average molecular weight is 319 g/mol. The number of nitrogens with zero attached hydrogens (tertiary/aromatic N) is 2. The molecule has 1 aliphatic rings. The third-order valence-electron chi connectivity index (χ3n) is 3.17. The van der Waals surface area contributed by atoms with Crippen LogP contribution < -0.4 is 0 Å². The Morgan fingerprint density at radius 1 is 1.60 bits per heavy atom. The highest BCUT2D eigenvalue weighted by Crippen LogP contribution is 2.35. The summed E-state index contributed by atoms with van der Waals surface area (Å²) in [6.45, 7) is 3.70. The zero-order chi connectivity index (χ0) is 14.9. The number of aromatic nitrogens is 2. The lowest BCUT2D eigenvalue weighted by molar-refractivity contribution is -0.140. The van der Waals surface area contributed by atoms with Crippen molar-refractivity contribution in [2.75, 3.05) is 5.75 Å². The smallest absolute Gasteiger partial charge is 0.322 e. The van der Waals surface area contributed by atoms with E-state index in [1.165, 1.54) is 18.0 Å². The van der Waals surface area contributed by atoms with E-state index in [2.05, 4.69) is 9.97 Å². The zero-order valence-corrected chi connectivity index (χ0v) is 12.9. The van der Waals surface area contributed by atoms with Gasteiger partial charge in [0.25, 0.3) is 10.0 Å². The van der Waals surface area contributed by atoms with Crippen LogP contribution in [0.4, 0.5) is 0 Å². The minimum Gasteiger partial charge on any atom is -0.480 e. The van der Waals surface area contributed by atoms with Gasteiger partial charge >= 0.3 is 5.97 Å². The van der Waals surface area contributed by atoms with Crippen LogP contribution in [0.1, 0.15) is 26.1 Å². The second-order valence-corrected chi connectivity index (χ2v) is 7.46. The van der Waals surface area contributed by atoms with Gasteiger partial charge in [0.05, 0.1) is 11.6 Å². The van der Waals surface area contributed by atoms with Gasteiger partial charge in [0.15, 0.2) is 5.03 Å². The maximum Gasteiger partial charge on any atom is 0.322 e. The molecule has 1 aromatic heterocycles. The number of hydrogen-bond donors (Lipinski definition) is 2. The predicted molar refractivity (Wildman–Crippen MR) is 75.0 cm³/mol. The van der Waals surface area contributed by atoms with Crippen LogP contribution in [0.3, 0.4) is 0 Å². The van der Waals surface area contributed by atoms with Crippen molar-refractivity contribution >= 4 is 27.8 Å². The summed E-state index contributed by atoms with van der Waals surface area (Å²) in [5.41, 5.74) is 0. The molecule has 2 unspecified atom stereocenters. The minimum absolute atomic E-state index is 0.0402. The molecule has 20 heavy (non-hydrogen) atoms. The van der Waals surface area contributed by atoms with Gasteiger partial charge in [0.2, 0.25) is 0 Å². The number of aliphatic carboxylic acids is 1.